The molecule has 1 N–H and O–H groups in total. The van der Waals surface area contributed by atoms with Crippen molar-refractivity contribution in [3.63, 3.8) is 0 Å². The standard InChI is InChI=1S/C15H13BrN2O/c1-11-9-13(10-17-15(11)16)18-14(19)8-7-12-5-3-2-4-6-12/h2-10H,1H3,(H,18,19)/b8-7+. The summed E-state index contributed by atoms with van der Waals surface area (Å²) in [6.07, 6.45) is 4.90. The van der Waals surface area contributed by atoms with E-state index in [1.807, 2.05) is 43.3 Å². The van der Waals surface area contributed by atoms with Crippen LogP contribution in [0.1, 0.15) is 11.1 Å². The molecular weight excluding hydrogens is 304 g/mol. The van der Waals surface area contributed by atoms with Gasteiger partial charge in [-0.3, -0.25) is 4.79 Å². The lowest BCUT2D eigenvalue weighted by Crippen LogP contribution is -2.08. The van der Waals surface area contributed by atoms with E-state index in [4.69, 9.17) is 0 Å². The summed E-state index contributed by atoms with van der Waals surface area (Å²) >= 11 is 3.32. The Morgan fingerprint density at radius 1 is 1.32 bits per heavy atom. The van der Waals surface area contributed by atoms with Crippen LogP contribution < -0.4 is 5.32 Å². The molecule has 4 heteroatoms. The van der Waals surface area contributed by atoms with E-state index >= 15 is 0 Å². The number of amides is 1. The number of aromatic nitrogens is 1. The number of aryl methyl sites for hydroxylation is 1. The summed E-state index contributed by atoms with van der Waals surface area (Å²) in [5, 5.41) is 2.77. The van der Waals surface area contributed by atoms with Crippen LogP contribution in [0.2, 0.25) is 0 Å². The van der Waals surface area contributed by atoms with Crippen molar-refractivity contribution in [3.05, 3.63) is 64.4 Å². The number of hydrogen-bond acceptors (Lipinski definition) is 2. The van der Waals surface area contributed by atoms with Crippen molar-refractivity contribution < 1.29 is 4.79 Å². The Hall–Kier alpha value is -1.94. The van der Waals surface area contributed by atoms with E-state index in [-0.39, 0.29) is 5.91 Å². The van der Waals surface area contributed by atoms with Gasteiger partial charge in [0.25, 0.3) is 0 Å². The first-order chi connectivity index (χ1) is 9.15. The lowest BCUT2D eigenvalue weighted by atomic mass is 10.2. The predicted molar refractivity (Wildman–Crippen MR) is 80.8 cm³/mol. The number of carbonyl (C=O) groups excluding carboxylic acids is 1. The fourth-order valence-electron chi connectivity index (χ4n) is 1.55. The smallest absolute Gasteiger partial charge is 0.248 e. The van der Waals surface area contributed by atoms with Crippen LogP contribution in [0.3, 0.4) is 0 Å². The van der Waals surface area contributed by atoms with Gasteiger partial charge in [-0.2, -0.15) is 0 Å². The fraction of sp³-hybridized carbons (Fsp3) is 0.0667. The van der Waals surface area contributed by atoms with E-state index in [0.29, 0.717) is 5.69 Å². The van der Waals surface area contributed by atoms with E-state index in [9.17, 15) is 4.79 Å². The number of nitrogens with zero attached hydrogens (tertiary/aromatic N) is 1. The Labute approximate surface area is 120 Å². The highest BCUT2D eigenvalue weighted by atomic mass is 79.9. The highest BCUT2D eigenvalue weighted by Gasteiger charge is 2.01. The first-order valence-electron chi connectivity index (χ1n) is 5.81. The van der Waals surface area contributed by atoms with Crippen molar-refractivity contribution in [1.82, 2.24) is 4.98 Å². The topological polar surface area (TPSA) is 42.0 Å². The number of benzene rings is 1. The number of rotatable bonds is 3. The number of anilines is 1. The minimum Gasteiger partial charge on any atom is -0.321 e. The molecule has 1 heterocycles. The predicted octanol–water partition coefficient (Wildman–Crippen LogP) is 3.80. The lowest BCUT2D eigenvalue weighted by Gasteiger charge is -2.03. The summed E-state index contributed by atoms with van der Waals surface area (Å²) in [5.41, 5.74) is 2.65. The number of pyridine rings is 1. The molecule has 19 heavy (non-hydrogen) atoms. The molecule has 0 saturated heterocycles. The molecule has 0 aliphatic rings. The van der Waals surface area contributed by atoms with Gasteiger partial charge in [0.05, 0.1) is 11.9 Å². The van der Waals surface area contributed by atoms with Gasteiger partial charge in [0.1, 0.15) is 4.60 Å². The molecule has 0 atom stereocenters. The monoisotopic (exact) mass is 316 g/mol. The van der Waals surface area contributed by atoms with Crippen LogP contribution in [-0.4, -0.2) is 10.9 Å². The van der Waals surface area contributed by atoms with Gasteiger partial charge in [-0.1, -0.05) is 30.3 Å². The van der Waals surface area contributed by atoms with Crippen molar-refractivity contribution >= 4 is 33.6 Å². The normalized spacial score (nSPS) is 10.6. The molecule has 2 aromatic rings. The molecule has 0 fully saturated rings. The fourth-order valence-corrected chi connectivity index (χ4v) is 1.76. The quantitative estimate of drug-likeness (QED) is 0.691. The summed E-state index contributed by atoms with van der Waals surface area (Å²) in [6, 6.07) is 11.5. The average Bonchev–Trinajstić information content (AvgIpc) is 2.42. The van der Waals surface area contributed by atoms with Crippen LogP contribution in [0.5, 0.6) is 0 Å². The van der Waals surface area contributed by atoms with E-state index in [2.05, 4.69) is 26.2 Å². The maximum atomic E-state index is 11.7. The van der Waals surface area contributed by atoms with E-state index < -0.39 is 0 Å². The maximum Gasteiger partial charge on any atom is 0.248 e. The third-order valence-corrected chi connectivity index (χ3v) is 3.34. The Kier molecular flexibility index (Phi) is 4.47. The lowest BCUT2D eigenvalue weighted by molar-refractivity contribution is -0.111. The molecule has 1 aromatic heterocycles. The van der Waals surface area contributed by atoms with Crippen LogP contribution in [-0.2, 0) is 4.79 Å². The summed E-state index contributed by atoms with van der Waals surface area (Å²) in [5.74, 6) is -0.174. The molecule has 0 bridgehead atoms. The molecule has 0 aliphatic heterocycles. The van der Waals surface area contributed by atoms with Crippen molar-refractivity contribution in [1.29, 1.82) is 0 Å². The first-order valence-corrected chi connectivity index (χ1v) is 6.61. The van der Waals surface area contributed by atoms with Crippen molar-refractivity contribution in [2.45, 2.75) is 6.92 Å². The SMILES string of the molecule is Cc1cc(NC(=O)/C=C/c2ccccc2)cnc1Br. The van der Waals surface area contributed by atoms with Crippen LogP contribution in [0.25, 0.3) is 6.08 Å². The number of carbonyl (C=O) groups is 1. The van der Waals surface area contributed by atoms with E-state index in [1.54, 1.807) is 12.3 Å². The summed E-state index contributed by atoms with van der Waals surface area (Å²) in [6.45, 7) is 1.92. The van der Waals surface area contributed by atoms with Gasteiger partial charge >= 0.3 is 0 Å². The zero-order valence-corrected chi connectivity index (χ0v) is 12.0. The van der Waals surface area contributed by atoms with Gasteiger partial charge in [0.15, 0.2) is 0 Å². The Morgan fingerprint density at radius 3 is 2.74 bits per heavy atom. The van der Waals surface area contributed by atoms with Crippen LogP contribution >= 0.6 is 15.9 Å². The molecule has 0 saturated carbocycles. The van der Waals surface area contributed by atoms with Crippen LogP contribution in [0, 0.1) is 6.92 Å². The van der Waals surface area contributed by atoms with Crippen LogP contribution in [0.15, 0.2) is 53.3 Å². The maximum absolute atomic E-state index is 11.7. The van der Waals surface area contributed by atoms with Crippen molar-refractivity contribution in [2.75, 3.05) is 5.32 Å². The number of nitrogens with one attached hydrogen (secondary N) is 1. The third kappa shape index (κ3) is 4.03. The zero-order valence-electron chi connectivity index (χ0n) is 10.4. The van der Waals surface area contributed by atoms with Gasteiger partial charge in [0.2, 0.25) is 5.91 Å². The molecule has 0 unspecified atom stereocenters. The largest absolute Gasteiger partial charge is 0.321 e. The molecule has 0 aliphatic carbocycles. The number of halogens is 1. The molecule has 96 valence electrons. The molecular formula is C15H13BrN2O. The van der Waals surface area contributed by atoms with Gasteiger partial charge in [-0.25, -0.2) is 4.98 Å². The van der Waals surface area contributed by atoms with Crippen LogP contribution in [0.4, 0.5) is 5.69 Å². The van der Waals surface area contributed by atoms with E-state index in [1.165, 1.54) is 6.08 Å². The zero-order chi connectivity index (χ0) is 13.7. The summed E-state index contributed by atoms with van der Waals surface area (Å²) in [4.78, 5) is 15.9. The second-order valence-corrected chi connectivity index (χ2v) is 4.82. The Morgan fingerprint density at radius 2 is 2.05 bits per heavy atom. The molecule has 3 nitrogen and oxygen atoms in total. The second-order valence-electron chi connectivity index (χ2n) is 4.06. The third-order valence-electron chi connectivity index (χ3n) is 2.51. The van der Waals surface area contributed by atoms with Gasteiger partial charge in [0, 0.05) is 6.08 Å². The first kappa shape index (κ1) is 13.5. The highest BCUT2D eigenvalue weighted by Crippen LogP contribution is 2.16. The molecule has 0 radical (unpaired) electrons. The highest BCUT2D eigenvalue weighted by molar-refractivity contribution is 9.10. The minimum absolute atomic E-state index is 0.174. The second kappa shape index (κ2) is 6.29. The van der Waals surface area contributed by atoms with Crippen molar-refractivity contribution in [2.24, 2.45) is 0 Å². The Bertz CT molecular complexity index is 609. The summed E-state index contributed by atoms with van der Waals surface area (Å²) < 4.78 is 0.783. The van der Waals surface area contributed by atoms with E-state index in [0.717, 1.165) is 15.7 Å². The minimum atomic E-state index is -0.174. The van der Waals surface area contributed by atoms with Crippen molar-refractivity contribution in [3.8, 4) is 0 Å². The van der Waals surface area contributed by atoms with Gasteiger partial charge in [-0.15, -0.1) is 0 Å². The molecule has 1 aromatic carbocycles. The summed E-state index contributed by atoms with van der Waals surface area (Å²) in [7, 11) is 0. The van der Waals surface area contributed by atoms with Gasteiger partial charge < -0.3 is 5.32 Å². The van der Waals surface area contributed by atoms with Gasteiger partial charge in [-0.05, 0) is 46.1 Å². The average molecular weight is 317 g/mol. The Balaban J connectivity index is 2.01. The number of hydrogen-bond donors (Lipinski definition) is 1. The molecule has 0 spiro atoms. The molecule has 1 amide bonds. The molecule has 2 rings (SSSR count).